The van der Waals surface area contributed by atoms with Crippen molar-refractivity contribution in [3.63, 3.8) is 0 Å². The predicted octanol–water partition coefficient (Wildman–Crippen LogP) is 6.14. The summed E-state index contributed by atoms with van der Waals surface area (Å²) in [5.74, 6) is 1.07. The Morgan fingerprint density at radius 2 is 1.76 bits per heavy atom. The number of nitrogens with one attached hydrogen (secondary N) is 2. The molecule has 0 amide bonds. The molecule has 3 aromatic rings. The summed E-state index contributed by atoms with van der Waals surface area (Å²) in [4.78, 5) is 17.3. The summed E-state index contributed by atoms with van der Waals surface area (Å²) < 4.78 is 43.8. The van der Waals surface area contributed by atoms with E-state index in [1.165, 1.54) is 37.8 Å². The van der Waals surface area contributed by atoms with Crippen molar-refractivity contribution in [2.24, 2.45) is 11.7 Å². The normalized spacial score (nSPS) is 16.9. The van der Waals surface area contributed by atoms with E-state index in [1.807, 2.05) is 51.4 Å². The second-order valence-electron chi connectivity index (χ2n) is 10.9. The van der Waals surface area contributed by atoms with E-state index in [0.29, 0.717) is 5.56 Å². The van der Waals surface area contributed by atoms with Crippen LogP contribution in [-0.4, -0.2) is 69.7 Å². The summed E-state index contributed by atoms with van der Waals surface area (Å²) in [6.07, 6.45) is 6.90. The monoisotopic (exact) mass is 631 g/mol. The van der Waals surface area contributed by atoms with Crippen LogP contribution in [-0.2, 0) is 12.7 Å². The van der Waals surface area contributed by atoms with Crippen LogP contribution in [0.5, 0.6) is 5.88 Å². The number of aromatic amines is 1. The molecule has 13 heteroatoms. The van der Waals surface area contributed by atoms with Crippen LogP contribution in [0.15, 0.2) is 36.9 Å². The highest BCUT2D eigenvalue weighted by Gasteiger charge is 2.33. The Morgan fingerprint density at radius 3 is 2.27 bits per heavy atom. The van der Waals surface area contributed by atoms with Gasteiger partial charge in [-0.05, 0) is 43.5 Å². The van der Waals surface area contributed by atoms with Crippen molar-refractivity contribution >= 4 is 16.6 Å². The molecule has 0 unspecified atom stereocenters. The van der Waals surface area contributed by atoms with Gasteiger partial charge in [0.2, 0.25) is 5.88 Å². The van der Waals surface area contributed by atoms with Crippen molar-refractivity contribution < 1.29 is 17.9 Å². The first-order valence-electron chi connectivity index (χ1n) is 15.4. The Kier molecular flexibility index (Phi) is 15.8. The highest BCUT2D eigenvalue weighted by Crippen LogP contribution is 2.30. The van der Waals surface area contributed by atoms with Gasteiger partial charge in [-0.1, -0.05) is 40.0 Å². The second-order valence-corrected chi connectivity index (χ2v) is 10.9. The highest BCUT2D eigenvalue weighted by atomic mass is 19.4. The van der Waals surface area contributed by atoms with Gasteiger partial charge >= 0.3 is 6.18 Å². The minimum atomic E-state index is -4.49. The number of likely N-dealkylation sites (tertiary alicyclic amines) is 1. The van der Waals surface area contributed by atoms with Crippen LogP contribution in [0.3, 0.4) is 0 Å². The molecule has 0 atom stereocenters. The number of nitrogens with two attached hydrogens (primary N) is 1. The third kappa shape index (κ3) is 12.3. The Hall–Kier alpha value is -3.73. The quantitative estimate of drug-likeness (QED) is 0.311. The molecule has 0 spiro atoms. The lowest BCUT2D eigenvalue weighted by Crippen LogP contribution is -2.35. The summed E-state index contributed by atoms with van der Waals surface area (Å²) in [6.45, 7) is 10.4. The van der Waals surface area contributed by atoms with E-state index >= 15 is 0 Å². The van der Waals surface area contributed by atoms with E-state index < -0.39 is 11.9 Å². The number of nitriles is 1. The molecule has 3 aliphatic rings. The third-order valence-electron chi connectivity index (χ3n) is 7.26. The van der Waals surface area contributed by atoms with Crippen LogP contribution in [0.25, 0.3) is 16.6 Å². The van der Waals surface area contributed by atoms with Gasteiger partial charge in [0, 0.05) is 69.6 Å². The lowest BCUT2D eigenvalue weighted by Gasteiger charge is -2.29. The first-order chi connectivity index (χ1) is 21.5. The van der Waals surface area contributed by atoms with E-state index in [0.717, 1.165) is 61.2 Å². The average molecular weight is 632 g/mol. The number of ether oxygens (including phenoxy) is 1. The van der Waals surface area contributed by atoms with Gasteiger partial charge in [-0.3, -0.25) is 0 Å². The van der Waals surface area contributed by atoms with E-state index in [9.17, 15) is 13.2 Å². The molecule has 45 heavy (non-hydrogen) atoms. The number of hydrazine groups is 1. The number of nitrogens with zero attached hydrogens (tertiary/aromatic N) is 6. The van der Waals surface area contributed by atoms with Crippen molar-refractivity contribution in [1.29, 1.82) is 5.26 Å². The fourth-order valence-corrected chi connectivity index (χ4v) is 4.57. The standard InChI is InChI=1S/C13H18F3N3O.C10H11N5.C5H10.C2H3N.C2H6/c1-19-4-2-10(3-5-19)20-12-7-9(8-17)6-11(18-12)13(14,15)16;1-15-5-7(4-14-15)9-8-2-3-11-10(8)13-6-12-9;1-5-3-2-4-5;1-2-3;1-2/h6-7,10H,2-5,8,17H2,1H3;2-4,6,14H,5H2,1H3,(H,11,12,13);5H,2-4H2,1H3;1H3;1-2H3. The smallest absolute Gasteiger partial charge is 0.433 e. The van der Waals surface area contributed by atoms with Crippen molar-refractivity contribution in [3.8, 4) is 11.9 Å². The Balaban J connectivity index is 0.000000246. The Morgan fingerprint density at radius 1 is 1.11 bits per heavy atom. The molecule has 3 aromatic heterocycles. The number of fused-ring (bicyclic) bond motifs is 1. The van der Waals surface area contributed by atoms with Crippen molar-refractivity contribution in [2.45, 2.75) is 78.6 Å². The molecule has 1 aliphatic carbocycles. The van der Waals surface area contributed by atoms with Crippen LogP contribution >= 0.6 is 0 Å². The molecule has 2 fully saturated rings. The zero-order chi connectivity index (χ0) is 33.4. The fraction of sp³-hybridized carbons (Fsp3) is 0.562. The number of likely N-dealkylation sites (N-methyl/N-ethyl adjacent to an activating group) is 1. The predicted molar refractivity (Wildman–Crippen MR) is 172 cm³/mol. The molecular weight excluding hydrogens is 583 g/mol. The number of piperidine rings is 1. The number of pyridine rings is 1. The van der Waals surface area contributed by atoms with Gasteiger partial charge < -0.3 is 25.8 Å². The molecule has 248 valence electrons. The Bertz CT molecular complexity index is 1360. The lowest BCUT2D eigenvalue weighted by atomic mass is 9.88. The van der Waals surface area contributed by atoms with E-state index in [1.54, 1.807) is 12.4 Å². The molecule has 0 aromatic carbocycles. The number of halogens is 3. The maximum atomic E-state index is 12.7. The molecule has 10 nitrogen and oxygen atoms in total. The van der Waals surface area contributed by atoms with Gasteiger partial charge in [0.1, 0.15) is 23.8 Å². The van der Waals surface area contributed by atoms with Crippen molar-refractivity contribution in [2.75, 3.05) is 33.7 Å². The van der Waals surface area contributed by atoms with Gasteiger partial charge in [0.15, 0.2) is 0 Å². The molecule has 0 bridgehead atoms. The summed E-state index contributed by atoms with van der Waals surface area (Å²) >= 11 is 0. The minimum Gasteiger partial charge on any atom is -0.474 e. The maximum Gasteiger partial charge on any atom is 0.433 e. The number of rotatable bonds is 4. The van der Waals surface area contributed by atoms with Gasteiger partial charge in [-0.15, -0.1) is 0 Å². The Labute approximate surface area is 264 Å². The van der Waals surface area contributed by atoms with Gasteiger partial charge in [0.05, 0.1) is 11.8 Å². The van der Waals surface area contributed by atoms with Gasteiger partial charge in [-0.2, -0.15) is 18.4 Å². The summed E-state index contributed by atoms with van der Waals surface area (Å²) in [5, 5.41) is 10.4. The SMILES string of the molecule is CC.CC#N.CC1CCC1.CN1CC(c2ncnc3[nH]ccc23)=CN1.CN1CCC(Oc2cc(CN)cc(C(F)(F)F)n2)CC1. The summed E-state index contributed by atoms with van der Waals surface area (Å²) in [6, 6.07) is 6.19. The molecule has 5 heterocycles. The molecular formula is C32H48F3N9O. The molecule has 4 N–H and O–H groups in total. The first-order valence-corrected chi connectivity index (χ1v) is 15.4. The van der Waals surface area contributed by atoms with Crippen LogP contribution in [0, 0.1) is 17.2 Å². The summed E-state index contributed by atoms with van der Waals surface area (Å²) in [5.41, 5.74) is 11.0. The highest BCUT2D eigenvalue weighted by molar-refractivity contribution is 5.88. The second kappa shape index (κ2) is 18.9. The molecule has 2 aliphatic heterocycles. The topological polar surface area (TPSA) is 132 Å². The van der Waals surface area contributed by atoms with Crippen LogP contribution in [0.2, 0.25) is 0 Å². The van der Waals surface area contributed by atoms with Crippen molar-refractivity contribution in [3.05, 3.63) is 53.9 Å². The van der Waals surface area contributed by atoms with Crippen LogP contribution in [0.4, 0.5) is 13.2 Å². The van der Waals surface area contributed by atoms with Gasteiger partial charge in [0.25, 0.3) is 0 Å². The largest absolute Gasteiger partial charge is 0.474 e. The number of hydrogen-bond donors (Lipinski definition) is 3. The number of H-pyrrole nitrogens is 1. The first kappa shape index (κ1) is 37.5. The zero-order valence-corrected chi connectivity index (χ0v) is 27.3. The third-order valence-corrected chi connectivity index (χ3v) is 7.26. The van der Waals surface area contributed by atoms with Crippen molar-refractivity contribution in [1.82, 2.24) is 35.3 Å². The molecule has 0 radical (unpaired) electrons. The number of hydrogen-bond acceptors (Lipinski definition) is 9. The molecule has 1 saturated heterocycles. The number of aromatic nitrogens is 4. The average Bonchev–Trinajstić information content (AvgIpc) is 3.68. The molecule has 1 saturated carbocycles. The molecule has 6 rings (SSSR count). The zero-order valence-electron chi connectivity index (χ0n) is 27.3. The van der Waals surface area contributed by atoms with Crippen LogP contribution < -0.4 is 15.9 Å². The maximum absolute atomic E-state index is 12.7. The van der Waals surface area contributed by atoms with E-state index in [-0.39, 0.29) is 18.5 Å². The van der Waals surface area contributed by atoms with E-state index in [2.05, 4.69) is 37.2 Å². The van der Waals surface area contributed by atoms with E-state index in [4.69, 9.17) is 15.7 Å². The van der Waals surface area contributed by atoms with Gasteiger partial charge in [-0.25, -0.2) is 20.0 Å². The summed E-state index contributed by atoms with van der Waals surface area (Å²) in [7, 11) is 4.00. The van der Waals surface area contributed by atoms with Crippen LogP contribution in [0.1, 0.15) is 76.8 Å². The minimum absolute atomic E-state index is 0.00910. The lowest BCUT2D eigenvalue weighted by molar-refractivity contribution is -0.141. The fourth-order valence-electron chi connectivity index (χ4n) is 4.57. The number of alkyl halides is 3.